The number of thiophene rings is 1. The van der Waals surface area contributed by atoms with E-state index in [9.17, 15) is 9.59 Å². The number of allylic oxidation sites excluding steroid dienone is 3. The Morgan fingerprint density at radius 2 is 1.70 bits per heavy atom. The molecule has 2 aromatic carbocycles. The number of hydrogen-bond donors (Lipinski definition) is 1. The van der Waals surface area contributed by atoms with E-state index in [1.54, 1.807) is 32.7 Å². The van der Waals surface area contributed by atoms with E-state index < -0.39 is 11.9 Å². The van der Waals surface area contributed by atoms with Crippen molar-refractivity contribution >= 4 is 23.1 Å². The van der Waals surface area contributed by atoms with Gasteiger partial charge in [0.25, 0.3) is 0 Å². The summed E-state index contributed by atoms with van der Waals surface area (Å²) in [6.45, 7) is 2.09. The number of hydrogen-bond acceptors (Lipinski definition) is 8. The molecule has 0 fully saturated rings. The summed E-state index contributed by atoms with van der Waals surface area (Å²) < 4.78 is 22.6. The smallest absolute Gasteiger partial charge is 0.336 e. The summed E-state index contributed by atoms with van der Waals surface area (Å²) >= 11 is 1.66. The number of dihydropyridines is 1. The number of ether oxygens (including phenoxy) is 4. The molecule has 3 aromatic rings. The van der Waals surface area contributed by atoms with Crippen molar-refractivity contribution in [2.75, 3.05) is 27.9 Å². The van der Waals surface area contributed by atoms with E-state index in [1.807, 2.05) is 60.8 Å². The fourth-order valence-corrected chi connectivity index (χ4v) is 6.45. The zero-order chi connectivity index (χ0) is 28.2. The van der Waals surface area contributed by atoms with E-state index in [0.29, 0.717) is 58.9 Å². The van der Waals surface area contributed by atoms with E-state index in [0.717, 1.165) is 11.3 Å². The zero-order valence-corrected chi connectivity index (χ0v) is 23.9. The average Bonchev–Trinajstić information content (AvgIpc) is 3.51. The van der Waals surface area contributed by atoms with Gasteiger partial charge in [0.1, 0.15) is 0 Å². The van der Waals surface area contributed by atoms with Gasteiger partial charge in [-0.05, 0) is 48.1 Å². The molecule has 5 rings (SSSR count). The molecule has 2 aliphatic rings. The fraction of sp³-hybridized carbons (Fsp3) is 0.312. The third kappa shape index (κ3) is 5.36. The molecule has 1 aliphatic carbocycles. The second-order valence-corrected chi connectivity index (χ2v) is 10.8. The van der Waals surface area contributed by atoms with Gasteiger partial charge < -0.3 is 24.3 Å². The Kier molecular flexibility index (Phi) is 8.26. The van der Waals surface area contributed by atoms with Crippen molar-refractivity contribution in [3.05, 3.63) is 98.5 Å². The molecule has 208 valence electrons. The van der Waals surface area contributed by atoms with Gasteiger partial charge in [0, 0.05) is 46.5 Å². The molecular formula is C32H33NO6S. The minimum Gasteiger partial charge on any atom is -0.493 e. The van der Waals surface area contributed by atoms with Crippen LogP contribution in [0, 0.1) is 0 Å². The quantitative estimate of drug-likeness (QED) is 0.326. The SMILES string of the molecule is COc1cc([C@H]2C(C(=O)OCCc3ccccc3)=C(C)NC3=C2C(=O)C[C@H](c2cccs2)C3)cc(OC)c1OC. The molecule has 0 bridgehead atoms. The largest absolute Gasteiger partial charge is 0.493 e. The summed E-state index contributed by atoms with van der Waals surface area (Å²) in [5.74, 6) is 0.334. The molecule has 0 unspecified atom stereocenters. The Morgan fingerprint density at radius 1 is 0.975 bits per heavy atom. The van der Waals surface area contributed by atoms with Crippen LogP contribution >= 0.6 is 11.3 Å². The lowest BCUT2D eigenvalue weighted by Gasteiger charge is -2.36. The summed E-state index contributed by atoms with van der Waals surface area (Å²) in [4.78, 5) is 28.8. The van der Waals surface area contributed by atoms with Crippen LogP contribution in [0.3, 0.4) is 0 Å². The summed E-state index contributed by atoms with van der Waals surface area (Å²) in [5, 5.41) is 5.45. The van der Waals surface area contributed by atoms with Crippen LogP contribution in [0.4, 0.5) is 0 Å². The molecular weight excluding hydrogens is 526 g/mol. The lowest BCUT2D eigenvalue weighted by atomic mass is 9.72. The highest BCUT2D eigenvalue weighted by atomic mass is 32.1. The molecule has 8 heteroatoms. The number of methoxy groups -OCH3 is 3. The van der Waals surface area contributed by atoms with E-state index in [1.165, 1.54) is 4.88 Å². The lowest BCUT2D eigenvalue weighted by Crippen LogP contribution is -2.36. The molecule has 40 heavy (non-hydrogen) atoms. The van der Waals surface area contributed by atoms with Gasteiger partial charge in [-0.2, -0.15) is 0 Å². The van der Waals surface area contributed by atoms with Gasteiger partial charge in [-0.1, -0.05) is 36.4 Å². The Bertz CT molecular complexity index is 1430. The Morgan fingerprint density at radius 3 is 2.33 bits per heavy atom. The normalized spacial score (nSPS) is 18.6. The predicted molar refractivity (Wildman–Crippen MR) is 154 cm³/mol. The number of esters is 1. The number of Topliss-reactive ketones (excluding diaryl/α,β-unsaturated/α-hetero) is 1. The van der Waals surface area contributed by atoms with Crippen LogP contribution in [0.25, 0.3) is 0 Å². The van der Waals surface area contributed by atoms with Crippen molar-refractivity contribution in [1.29, 1.82) is 0 Å². The van der Waals surface area contributed by atoms with E-state index in [-0.39, 0.29) is 18.3 Å². The van der Waals surface area contributed by atoms with Gasteiger partial charge in [0.15, 0.2) is 17.3 Å². The van der Waals surface area contributed by atoms with Crippen LogP contribution in [0.1, 0.15) is 47.6 Å². The highest BCUT2D eigenvalue weighted by Crippen LogP contribution is 2.49. The van der Waals surface area contributed by atoms with Gasteiger partial charge in [0.05, 0.1) is 33.5 Å². The van der Waals surface area contributed by atoms with Crippen molar-refractivity contribution in [3.8, 4) is 17.2 Å². The van der Waals surface area contributed by atoms with Gasteiger partial charge in [-0.25, -0.2) is 4.79 Å². The first kappa shape index (κ1) is 27.5. The topological polar surface area (TPSA) is 83.1 Å². The number of ketones is 1. The van der Waals surface area contributed by atoms with Gasteiger partial charge in [0.2, 0.25) is 5.75 Å². The minimum atomic E-state index is -0.647. The van der Waals surface area contributed by atoms with Crippen molar-refractivity contribution in [3.63, 3.8) is 0 Å². The summed E-state index contributed by atoms with van der Waals surface area (Å²) in [6, 6.07) is 17.6. The first-order valence-electron chi connectivity index (χ1n) is 13.2. The molecule has 2 heterocycles. The first-order chi connectivity index (χ1) is 19.4. The molecule has 1 aromatic heterocycles. The maximum atomic E-state index is 13.9. The third-order valence-corrected chi connectivity index (χ3v) is 8.51. The molecule has 0 saturated heterocycles. The van der Waals surface area contributed by atoms with E-state index >= 15 is 0 Å². The van der Waals surface area contributed by atoms with Crippen molar-refractivity contribution < 1.29 is 28.5 Å². The van der Waals surface area contributed by atoms with Crippen molar-refractivity contribution in [2.24, 2.45) is 0 Å². The predicted octanol–water partition coefficient (Wildman–Crippen LogP) is 5.92. The molecule has 7 nitrogen and oxygen atoms in total. The minimum absolute atomic E-state index is 0.00740. The van der Waals surface area contributed by atoms with Crippen LogP contribution < -0.4 is 19.5 Å². The lowest BCUT2D eigenvalue weighted by molar-refractivity contribution is -0.139. The maximum Gasteiger partial charge on any atom is 0.336 e. The Labute approximate surface area is 238 Å². The monoisotopic (exact) mass is 559 g/mol. The Hall–Kier alpha value is -4.04. The van der Waals surface area contributed by atoms with Crippen LogP contribution in [0.2, 0.25) is 0 Å². The number of carbonyl (C=O) groups excluding carboxylic acids is 2. The Balaban J connectivity index is 1.55. The van der Waals surface area contributed by atoms with Crippen molar-refractivity contribution in [2.45, 2.75) is 38.0 Å². The summed E-state index contributed by atoms with van der Waals surface area (Å²) in [5.41, 5.74) is 4.28. The van der Waals surface area contributed by atoms with Crippen LogP contribution in [0.5, 0.6) is 17.2 Å². The number of benzene rings is 2. The molecule has 0 spiro atoms. The highest BCUT2D eigenvalue weighted by Gasteiger charge is 2.42. The molecule has 0 saturated carbocycles. The fourth-order valence-electron chi connectivity index (χ4n) is 5.62. The average molecular weight is 560 g/mol. The number of rotatable bonds is 9. The standard InChI is InChI=1S/C32H33NO6S/c1-19-28(32(35)39-13-12-20-9-6-5-7-10-20)29(22-17-25(36-2)31(38-4)26(18-22)37-3)30-23(33-19)15-21(16-24(30)34)27-11-8-14-40-27/h5-11,14,17-18,21,29,33H,12-13,15-16H2,1-4H3/t21-,29+/m1/s1. The zero-order valence-electron chi connectivity index (χ0n) is 23.1. The number of nitrogens with one attached hydrogen (secondary N) is 1. The maximum absolute atomic E-state index is 13.9. The molecule has 1 aliphatic heterocycles. The van der Waals surface area contributed by atoms with Crippen LogP contribution in [-0.2, 0) is 20.7 Å². The molecule has 0 radical (unpaired) electrons. The molecule has 1 N–H and O–H groups in total. The first-order valence-corrected chi connectivity index (χ1v) is 14.1. The van der Waals surface area contributed by atoms with Crippen LogP contribution in [0.15, 0.2) is 82.5 Å². The second-order valence-electron chi connectivity index (χ2n) is 9.86. The summed E-state index contributed by atoms with van der Waals surface area (Å²) in [6.07, 6.45) is 1.64. The van der Waals surface area contributed by atoms with Gasteiger partial charge in [-0.15, -0.1) is 11.3 Å². The highest BCUT2D eigenvalue weighted by molar-refractivity contribution is 7.10. The van der Waals surface area contributed by atoms with E-state index in [4.69, 9.17) is 18.9 Å². The van der Waals surface area contributed by atoms with Crippen molar-refractivity contribution in [1.82, 2.24) is 5.32 Å². The molecule has 2 atom stereocenters. The number of carbonyl (C=O) groups is 2. The summed E-state index contributed by atoms with van der Waals surface area (Å²) in [7, 11) is 4.64. The molecule has 0 amide bonds. The van der Waals surface area contributed by atoms with Gasteiger partial charge >= 0.3 is 5.97 Å². The second kappa shape index (κ2) is 12.0. The third-order valence-electron chi connectivity index (χ3n) is 7.48. The van der Waals surface area contributed by atoms with Crippen LogP contribution in [-0.4, -0.2) is 39.7 Å². The van der Waals surface area contributed by atoms with Gasteiger partial charge in [-0.3, -0.25) is 4.79 Å². The van der Waals surface area contributed by atoms with E-state index in [2.05, 4.69) is 11.4 Å².